The molecule has 1 atom stereocenters. The summed E-state index contributed by atoms with van der Waals surface area (Å²) in [6.07, 6.45) is 14.7. The lowest BCUT2D eigenvalue weighted by Crippen LogP contribution is -2.36. The van der Waals surface area contributed by atoms with Crippen molar-refractivity contribution in [2.75, 3.05) is 18.8 Å². The average Bonchev–Trinajstić information content (AvgIpc) is 2.72. The van der Waals surface area contributed by atoms with Crippen molar-refractivity contribution in [2.24, 2.45) is 0 Å². The second-order valence-corrected chi connectivity index (χ2v) is 9.17. The maximum atomic E-state index is 12.8. The molecule has 0 spiro atoms. The van der Waals surface area contributed by atoms with E-state index in [2.05, 4.69) is 13.8 Å². The van der Waals surface area contributed by atoms with Gasteiger partial charge in [0.2, 0.25) is 5.91 Å². The molecule has 0 aromatic heterocycles. The third-order valence-corrected chi connectivity index (χ3v) is 6.48. The van der Waals surface area contributed by atoms with Crippen molar-refractivity contribution < 1.29 is 9.00 Å². The number of unbranched alkanes of at least 4 members (excludes halogenated alkanes) is 10. The number of carbonyl (C=O) groups is 1. The fourth-order valence-corrected chi connectivity index (χ4v) is 4.42. The molecule has 3 nitrogen and oxygen atoms in total. The third kappa shape index (κ3) is 11.6. The molecule has 28 heavy (non-hydrogen) atoms. The molecule has 0 N–H and O–H groups in total. The topological polar surface area (TPSA) is 37.4 Å². The Balaban J connectivity index is 2.45. The quantitative estimate of drug-likeness (QED) is 0.282. The minimum atomic E-state index is -1.25. The number of amides is 1. The van der Waals surface area contributed by atoms with Gasteiger partial charge in [-0.25, -0.2) is 0 Å². The molecule has 0 radical (unpaired) electrons. The molecule has 1 rings (SSSR count). The molecular weight excluding hydrogens is 366 g/mol. The predicted octanol–water partition coefficient (Wildman–Crippen LogP) is 6.34. The first kappa shape index (κ1) is 24.9. The second-order valence-electron chi connectivity index (χ2n) is 7.72. The monoisotopic (exact) mass is 407 g/mol. The van der Waals surface area contributed by atoms with Gasteiger partial charge in [0.1, 0.15) is 5.75 Å². The fourth-order valence-electron chi connectivity index (χ4n) is 3.39. The average molecular weight is 408 g/mol. The van der Waals surface area contributed by atoms with E-state index < -0.39 is 10.8 Å². The van der Waals surface area contributed by atoms with Gasteiger partial charge >= 0.3 is 0 Å². The van der Waals surface area contributed by atoms with Crippen molar-refractivity contribution in [1.29, 1.82) is 0 Å². The van der Waals surface area contributed by atoms with Gasteiger partial charge in [-0.3, -0.25) is 9.00 Å². The second kappa shape index (κ2) is 16.8. The molecule has 1 aromatic rings. The molecule has 1 amide bonds. The predicted molar refractivity (Wildman–Crippen MR) is 121 cm³/mol. The molecule has 0 heterocycles. The number of hydrogen-bond acceptors (Lipinski definition) is 2. The minimum absolute atomic E-state index is 0.0457. The lowest BCUT2D eigenvalue weighted by atomic mass is 10.1. The van der Waals surface area contributed by atoms with E-state index in [9.17, 15) is 9.00 Å². The van der Waals surface area contributed by atoms with E-state index in [1.807, 2.05) is 35.2 Å². The van der Waals surface area contributed by atoms with Gasteiger partial charge in [0.25, 0.3) is 0 Å². The maximum absolute atomic E-state index is 12.8. The van der Waals surface area contributed by atoms with Crippen LogP contribution >= 0.6 is 0 Å². The lowest BCUT2D eigenvalue weighted by molar-refractivity contribution is -0.128. The smallest absolute Gasteiger partial charge is 0.235 e. The zero-order chi connectivity index (χ0) is 20.5. The van der Waals surface area contributed by atoms with Gasteiger partial charge in [-0.05, 0) is 25.0 Å². The summed E-state index contributed by atoms with van der Waals surface area (Å²) >= 11 is 0. The van der Waals surface area contributed by atoms with Gasteiger partial charge in [-0.15, -0.1) is 0 Å². The lowest BCUT2D eigenvalue weighted by Gasteiger charge is -2.23. The zero-order valence-electron chi connectivity index (χ0n) is 18.2. The Bertz CT molecular complexity index is 517. The summed E-state index contributed by atoms with van der Waals surface area (Å²) in [6, 6.07) is 9.35. The Labute approximate surface area is 175 Å². The van der Waals surface area contributed by atoms with Crippen LogP contribution in [0, 0.1) is 0 Å². The summed E-state index contributed by atoms with van der Waals surface area (Å²) in [5.74, 6) is 0.152. The van der Waals surface area contributed by atoms with E-state index in [4.69, 9.17) is 0 Å². The molecule has 0 saturated heterocycles. The molecule has 1 unspecified atom stereocenters. The van der Waals surface area contributed by atoms with Crippen molar-refractivity contribution in [1.82, 2.24) is 4.90 Å². The first-order valence-electron chi connectivity index (χ1n) is 11.4. The van der Waals surface area contributed by atoms with E-state index in [1.54, 1.807) is 0 Å². The number of rotatable bonds is 17. The van der Waals surface area contributed by atoms with E-state index in [-0.39, 0.29) is 11.7 Å². The Morgan fingerprint density at radius 3 is 1.71 bits per heavy atom. The Hall–Kier alpha value is -1.16. The van der Waals surface area contributed by atoms with Gasteiger partial charge < -0.3 is 4.90 Å². The van der Waals surface area contributed by atoms with Crippen LogP contribution in [0.5, 0.6) is 0 Å². The molecule has 160 valence electrons. The summed E-state index contributed by atoms with van der Waals surface area (Å²) in [7, 11) is -1.25. The molecule has 0 bridgehead atoms. The molecule has 4 heteroatoms. The van der Waals surface area contributed by atoms with Crippen molar-refractivity contribution in [3.63, 3.8) is 0 Å². The summed E-state index contributed by atoms with van der Waals surface area (Å²) in [5, 5.41) is 0. The van der Waals surface area contributed by atoms with Crippen LogP contribution in [0.2, 0.25) is 0 Å². The highest BCUT2D eigenvalue weighted by molar-refractivity contribution is 7.85. The normalized spacial score (nSPS) is 12.1. The highest BCUT2D eigenvalue weighted by Gasteiger charge is 2.17. The molecule has 0 aliphatic rings. The molecule has 0 saturated carbocycles. The summed E-state index contributed by atoms with van der Waals surface area (Å²) in [6.45, 7) is 6.08. The van der Waals surface area contributed by atoms with Crippen molar-refractivity contribution in [2.45, 2.75) is 95.8 Å². The highest BCUT2D eigenvalue weighted by atomic mass is 32.2. The van der Waals surface area contributed by atoms with Crippen LogP contribution in [0.4, 0.5) is 0 Å². The van der Waals surface area contributed by atoms with Gasteiger partial charge in [0, 0.05) is 18.0 Å². The number of hydrogen-bond donors (Lipinski definition) is 0. The van der Waals surface area contributed by atoms with Crippen LogP contribution in [0.25, 0.3) is 0 Å². The van der Waals surface area contributed by atoms with Gasteiger partial charge in [0.05, 0.1) is 10.8 Å². The zero-order valence-corrected chi connectivity index (χ0v) is 19.0. The Morgan fingerprint density at radius 2 is 1.21 bits per heavy atom. The first-order valence-corrected chi connectivity index (χ1v) is 12.7. The van der Waals surface area contributed by atoms with E-state index >= 15 is 0 Å². The van der Waals surface area contributed by atoms with Crippen LogP contribution in [-0.2, 0) is 15.6 Å². The van der Waals surface area contributed by atoms with Crippen molar-refractivity contribution in [3.8, 4) is 0 Å². The fraction of sp³-hybridized carbons (Fsp3) is 0.708. The Kier molecular flexibility index (Phi) is 14.9. The van der Waals surface area contributed by atoms with Gasteiger partial charge in [-0.1, -0.05) is 96.3 Å². The first-order chi connectivity index (χ1) is 13.7. The van der Waals surface area contributed by atoms with E-state index in [0.717, 1.165) is 30.8 Å². The summed E-state index contributed by atoms with van der Waals surface area (Å²) in [4.78, 5) is 15.5. The van der Waals surface area contributed by atoms with Gasteiger partial charge in [0.15, 0.2) is 0 Å². The van der Waals surface area contributed by atoms with Crippen LogP contribution in [0.3, 0.4) is 0 Å². The molecule has 1 aromatic carbocycles. The van der Waals surface area contributed by atoms with Crippen molar-refractivity contribution >= 4 is 16.7 Å². The number of carbonyl (C=O) groups excluding carboxylic acids is 1. The summed E-state index contributed by atoms with van der Waals surface area (Å²) < 4.78 is 12.5. The Morgan fingerprint density at radius 1 is 0.750 bits per heavy atom. The minimum Gasteiger partial charge on any atom is -0.342 e. The van der Waals surface area contributed by atoms with Crippen LogP contribution in [0.1, 0.15) is 90.9 Å². The maximum Gasteiger partial charge on any atom is 0.235 e. The summed E-state index contributed by atoms with van der Waals surface area (Å²) in [5.41, 5.74) is 0. The van der Waals surface area contributed by atoms with Crippen molar-refractivity contribution in [3.05, 3.63) is 30.3 Å². The van der Waals surface area contributed by atoms with E-state index in [1.165, 1.54) is 64.2 Å². The third-order valence-electron chi connectivity index (χ3n) is 5.18. The number of benzene rings is 1. The molecule has 0 aliphatic carbocycles. The van der Waals surface area contributed by atoms with Crippen LogP contribution in [-0.4, -0.2) is 33.9 Å². The largest absolute Gasteiger partial charge is 0.342 e. The van der Waals surface area contributed by atoms with Crippen LogP contribution < -0.4 is 0 Å². The molecular formula is C24H41NO2S. The van der Waals surface area contributed by atoms with Gasteiger partial charge in [-0.2, -0.15) is 0 Å². The SMILES string of the molecule is CCCCCCCCN(CCCCCCCC)C(=O)CS(=O)c1ccccc1. The van der Waals surface area contributed by atoms with E-state index in [0.29, 0.717) is 0 Å². The number of nitrogens with zero attached hydrogens (tertiary/aromatic N) is 1. The highest BCUT2D eigenvalue weighted by Crippen LogP contribution is 2.11. The molecule has 0 fully saturated rings. The standard InChI is InChI=1S/C24H41NO2S/c1-3-5-7-9-11-16-20-25(21-17-12-10-8-6-4-2)24(26)22-28(27)23-18-14-13-15-19-23/h13-15,18-19H,3-12,16-17,20-22H2,1-2H3. The molecule has 0 aliphatic heterocycles. The van der Waals surface area contributed by atoms with Crippen LogP contribution in [0.15, 0.2) is 35.2 Å².